The van der Waals surface area contributed by atoms with Crippen molar-refractivity contribution >= 4 is 10.8 Å². The Balaban J connectivity index is 1.94. The summed E-state index contributed by atoms with van der Waals surface area (Å²) in [5, 5.41) is 3.54. The van der Waals surface area contributed by atoms with Crippen LogP contribution in [0.5, 0.6) is 0 Å². The van der Waals surface area contributed by atoms with E-state index in [1.165, 1.54) is 0 Å². The standard InChI is InChI=1S/C10H14N2OS/c13-14(10-4-6-11-7-10)8-9-3-1-2-5-12-9/h1-3,5,10-11H,4,6-8H2/t10-,14-/m0/s1. The van der Waals surface area contributed by atoms with Crippen LogP contribution in [0.15, 0.2) is 24.4 Å². The molecule has 2 atom stereocenters. The zero-order chi connectivity index (χ0) is 9.80. The number of hydrogen-bond donors (Lipinski definition) is 1. The fraction of sp³-hybridized carbons (Fsp3) is 0.500. The Morgan fingerprint density at radius 3 is 3.14 bits per heavy atom. The van der Waals surface area contributed by atoms with Gasteiger partial charge in [-0.1, -0.05) is 6.07 Å². The molecule has 0 amide bonds. The number of pyridine rings is 1. The maximum Gasteiger partial charge on any atom is 0.0662 e. The van der Waals surface area contributed by atoms with Gasteiger partial charge in [0.05, 0.1) is 11.4 Å². The molecule has 4 heteroatoms. The molecule has 0 aromatic carbocycles. The van der Waals surface area contributed by atoms with Gasteiger partial charge in [0, 0.05) is 28.8 Å². The van der Waals surface area contributed by atoms with Gasteiger partial charge in [0.15, 0.2) is 0 Å². The topological polar surface area (TPSA) is 42.0 Å². The highest BCUT2D eigenvalue weighted by molar-refractivity contribution is 7.84. The molecule has 1 aliphatic rings. The average Bonchev–Trinajstić information content (AvgIpc) is 2.72. The second-order valence-corrected chi connectivity index (χ2v) is 5.18. The molecule has 0 aliphatic carbocycles. The Kier molecular flexibility index (Phi) is 3.26. The Bertz CT molecular complexity index is 309. The summed E-state index contributed by atoms with van der Waals surface area (Å²) >= 11 is 0. The molecule has 1 fully saturated rings. The van der Waals surface area contributed by atoms with E-state index in [9.17, 15) is 4.21 Å². The summed E-state index contributed by atoms with van der Waals surface area (Å²) in [4.78, 5) is 4.18. The highest BCUT2D eigenvalue weighted by Crippen LogP contribution is 2.10. The van der Waals surface area contributed by atoms with Crippen LogP contribution in [0, 0.1) is 0 Å². The lowest BCUT2D eigenvalue weighted by molar-refractivity contribution is 0.671. The first-order chi connectivity index (χ1) is 6.86. The van der Waals surface area contributed by atoms with Crippen LogP contribution in [0.25, 0.3) is 0 Å². The van der Waals surface area contributed by atoms with Crippen molar-refractivity contribution in [3.05, 3.63) is 30.1 Å². The van der Waals surface area contributed by atoms with Crippen LogP contribution in [-0.4, -0.2) is 27.5 Å². The fourth-order valence-corrected chi connectivity index (χ4v) is 2.98. The monoisotopic (exact) mass is 210 g/mol. The van der Waals surface area contributed by atoms with Gasteiger partial charge in [-0.3, -0.25) is 9.19 Å². The Morgan fingerprint density at radius 2 is 2.50 bits per heavy atom. The molecule has 1 aromatic heterocycles. The van der Waals surface area contributed by atoms with Gasteiger partial charge < -0.3 is 5.32 Å². The molecule has 1 aliphatic heterocycles. The van der Waals surface area contributed by atoms with E-state index < -0.39 is 10.8 Å². The third-order valence-corrected chi connectivity index (χ3v) is 4.13. The number of aromatic nitrogens is 1. The lowest BCUT2D eigenvalue weighted by Gasteiger charge is -2.07. The third-order valence-electron chi connectivity index (χ3n) is 2.40. The normalized spacial score (nSPS) is 23.6. The molecule has 1 N–H and O–H groups in total. The predicted molar refractivity (Wildman–Crippen MR) is 57.4 cm³/mol. The molecule has 0 bridgehead atoms. The van der Waals surface area contributed by atoms with Crippen molar-refractivity contribution in [2.24, 2.45) is 0 Å². The van der Waals surface area contributed by atoms with Gasteiger partial charge in [0.1, 0.15) is 0 Å². The highest BCUT2D eigenvalue weighted by Gasteiger charge is 2.21. The zero-order valence-corrected chi connectivity index (χ0v) is 8.80. The maximum atomic E-state index is 11.8. The molecular formula is C10H14N2OS. The smallest absolute Gasteiger partial charge is 0.0662 e. The van der Waals surface area contributed by atoms with E-state index >= 15 is 0 Å². The quantitative estimate of drug-likeness (QED) is 0.798. The van der Waals surface area contributed by atoms with E-state index in [4.69, 9.17) is 0 Å². The first-order valence-electron chi connectivity index (χ1n) is 4.84. The molecule has 2 heterocycles. The molecule has 1 aromatic rings. The van der Waals surface area contributed by atoms with Crippen LogP contribution in [0.2, 0.25) is 0 Å². The van der Waals surface area contributed by atoms with Crippen molar-refractivity contribution in [3.63, 3.8) is 0 Å². The third kappa shape index (κ3) is 2.39. The summed E-state index contributed by atoms with van der Waals surface area (Å²) in [6, 6.07) is 5.75. The fourth-order valence-electron chi connectivity index (χ4n) is 1.60. The van der Waals surface area contributed by atoms with Gasteiger partial charge in [-0.25, -0.2) is 0 Å². The van der Waals surface area contributed by atoms with Crippen molar-refractivity contribution in [2.75, 3.05) is 13.1 Å². The minimum Gasteiger partial charge on any atom is -0.315 e. The molecule has 2 rings (SSSR count). The molecule has 14 heavy (non-hydrogen) atoms. The lowest BCUT2D eigenvalue weighted by Crippen LogP contribution is -2.20. The first-order valence-corrected chi connectivity index (χ1v) is 6.22. The van der Waals surface area contributed by atoms with E-state index in [0.717, 1.165) is 25.2 Å². The minimum absolute atomic E-state index is 0.317. The van der Waals surface area contributed by atoms with E-state index in [2.05, 4.69) is 10.3 Å². The van der Waals surface area contributed by atoms with Crippen LogP contribution >= 0.6 is 0 Å². The largest absolute Gasteiger partial charge is 0.315 e. The molecular weight excluding hydrogens is 196 g/mol. The van der Waals surface area contributed by atoms with Crippen LogP contribution < -0.4 is 5.32 Å². The van der Waals surface area contributed by atoms with Gasteiger partial charge in [0.25, 0.3) is 0 Å². The molecule has 0 radical (unpaired) electrons. The van der Waals surface area contributed by atoms with Gasteiger partial charge >= 0.3 is 0 Å². The molecule has 0 spiro atoms. The lowest BCUT2D eigenvalue weighted by atomic mass is 10.4. The number of nitrogens with one attached hydrogen (secondary N) is 1. The summed E-state index contributed by atoms with van der Waals surface area (Å²) in [6.45, 7) is 1.89. The van der Waals surface area contributed by atoms with Gasteiger partial charge in [-0.2, -0.15) is 0 Å². The van der Waals surface area contributed by atoms with Crippen molar-refractivity contribution in [2.45, 2.75) is 17.4 Å². The Morgan fingerprint density at radius 1 is 1.57 bits per heavy atom. The molecule has 76 valence electrons. The van der Waals surface area contributed by atoms with Crippen molar-refractivity contribution in [1.29, 1.82) is 0 Å². The molecule has 0 unspecified atom stereocenters. The van der Waals surface area contributed by atoms with Gasteiger partial charge in [0.2, 0.25) is 0 Å². The summed E-state index contributed by atoms with van der Waals surface area (Å²) in [6.07, 6.45) is 2.78. The van der Waals surface area contributed by atoms with Gasteiger partial charge in [-0.15, -0.1) is 0 Å². The summed E-state index contributed by atoms with van der Waals surface area (Å²) in [7, 11) is -0.771. The van der Waals surface area contributed by atoms with Crippen molar-refractivity contribution in [1.82, 2.24) is 10.3 Å². The van der Waals surface area contributed by atoms with E-state index in [0.29, 0.717) is 11.0 Å². The van der Waals surface area contributed by atoms with E-state index in [-0.39, 0.29) is 0 Å². The van der Waals surface area contributed by atoms with Crippen LogP contribution in [0.4, 0.5) is 0 Å². The number of hydrogen-bond acceptors (Lipinski definition) is 3. The van der Waals surface area contributed by atoms with Crippen LogP contribution in [0.3, 0.4) is 0 Å². The Hall–Kier alpha value is -0.740. The highest BCUT2D eigenvalue weighted by atomic mass is 32.2. The number of nitrogens with zero attached hydrogens (tertiary/aromatic N) is 1. The van der Waals surface area contributed by atoms with Gasteiger partial charge in [-0.05, 0) is 25.1 Å². The SMILES string of the molecule is O=[S@@](Cc1ccccn1)[C@H]1CCNC1. The van der Waals surface area contributed by atoms with Crippen molar-refractivity contribution < 1.29 is 4.21 Å². The van der Waals surface area contributed by atoms with E-state index in [1.807, 2.05) is 18.2 Å². The maximum absolute atomic E-state index is 11.8. The minimum atomic E-state index is -0.771. The second-order valence-electron chi connectivity index (χ2n) is 3.46. The van der Waals surface area contributed by atoms with E-state index in [1.54, 1.807) is 6.20 Å². The average molecular weight is 210 g/mol. The molecule has 3 nitrogen and oxygen atoms in total. The van der Waals surface area contributed by atoms with Crippen molar-refractivity contribution in [3.8, 4) is 0 Å². The Labute approximate surface area is 86.4 Å². The van der Waals surface area contributed by atoms with Crippen LogP contribution in [-0.2, 0) is 16.6 Å². The predicted octanol–water partition coefficient (Wildman–Crippen LogP) is 0.692. The summed E-state index contributed by atoms with van der Waals surface area (Å²) < 4.78 is 11.8. The molecule has 1 saturated heterocycles. The zero-order valence-electron chi connectivity index (χ0n) is 7.98. The molecule has 0 saturated carbocycles. The summed E-state index contributed by atoms with van der Waals surface area (Å²) in [5.41, 5.74) is 0.928. The number of rotatable bonds is 3. The first kappa shape index (κ1) is 9.80. The second kappa shape index (κ2) is 4.66. The summed E-state index contributed by atoms with van der Waals surface area (Å²) in [5.74, 6) is 0.590. The van der Waals surface area contributed by atoms with Crippen LogP contribution in [0.1, 0.15) is 12.1 Å².